The highest BCUT2D eigenvalue weighted by Gasteiger charge is 2.17. The van der Waals surface area contributed by atoms with Gasteiger partial charge >= 0.3 is 6.09 Å². The number of benzene rings is 2. The summed E-state index contributed by atoms with van der Waals surface area (Å²) in [6, 6.07) is 10.6. The van der Waals surface area contributed by atoms with E-state index >= 15 is 0 Å². The average molecular weight is 418 g/mol. The third kappa shape index (κ3) is 5.12. The Hall–Kier alpha value is -2.93. The largest absolute Gasteiger partial charge is 0.444 e. The van der Waals surface area contributed by atoms with Gasteiger partial charge in [-0.15, -0.1) is 0 Å². The van der Waals surface area contributed by atoms with Crippen LogP contribution in [0.1, 0.15) is 26.6 Å². The fourth-order valence-electron chi connectivity index (χ4n) is 2.84. The summed E-state index contributed by atoms with van der Waals surface area (Å²) in [7, 11) is 0. The number of carbonyl (C=O) groups is 1. The molecule has 0 atom stereocenters. The number of hydrogen-bond acceptors (Lipinski definition) is 4. The van der Waals surface area contributed by atoms with Crippen LogP contribution in [-0.4, -0.2) is 27.8 Å². The molecule has 1 heterocycles. The van der Waals surface area contributed by atoms with E-state index in [4.69, 9.17) is 16.3 Å². The number of ether oxygens (including phenoxy) is 1. The van der Waals surface area contributed by atoms with E-state index < -0.39 is 23.1 Å². The zero-order chi connectivity index (χ0) is 21.2. The molecule has 0 aliphatic rings. The number of aromatic nitrogens is 2. The minimum absolute atomic E-state index is 0.161. The molecule has 8 heteroatoms. The molecule has 1 N–H and O–H groups in total. The number of halogens is 2. The summed E-state index contributed by atoms with van der Waals surface area (Å²) in [5, 5.41) is 3.26. The van der Waals surface area contributed by atoms with Gasteiger partial charge in [0.15, 0.2) is 0 Å². The predicted molar refractivity (Wildman–Crippen MR) is 110 cm³/mol. The van der Waals surface area contributed by atoms with Gasteiger partial charge in [0.25, 0.3) is 5.56 Å². The summed E-state index contributed by atoms with van der Waals surface area (Å²) >= 11 is 6.08. The highest BCUT2D eigenvalue weighted by atomic mass is 35.5. The van der Waals surface area contributed by atoms with Gasteiger partial charge in [-0.1, -0.05) is 17.7 Å². The van der Waals surface area contributed by atoms with Gasteiger partial charge in [-0.05, 0) is 57.2 Å². The molecular weight excluding hydrogens is 397 g/mol. The summed E-state index contributed by atoms with van der Waals surface area (Å²) in [5.74, 6) is -0.110. The molecular formula is C21H21ClFN3O3. The van der Waals surface area contributed by atoms with Crippen LogP contribution in [0, 0.1) is 5.82 Å². The summed E-state index contributed by atoms with van der Waals surface area (Å²) in [4.78, 5) is 29.5. The molecule has 0 unspecified atom stereocenters. The van der Waals surface area contributed by atoms with Crippen molar-refractivity contribution in [2.75, 3.05) is 6.54 Å². The lowest BCUT2D eigenvalue weighted by Gasteiger charge is -2.20. The molecule has 6 nitrogen and oxygen atoms in total. The smallest absolute Gasteiger partial charge is 0.407 e. The fraction of sp³-hybridized carbons (Fsp3) is 0.286. The van der Waals surface area contributed by atoms with Crippen LogP contribution in [0.25, 0.3) is 16.6 Å². The van der Waals surface area contributed by atoms with Crippen LogP contribution in [0.2, 0.25) is 5.02 Å². The Labute approximate surface area is 172 Å². The number of rotatable bonds is 4. The Morgan fingerprint density at radius 2 is 2.00 bits per heavy atom. The molecule has 0 spiro atoms. The van der Waals surface area contributed by atoms with E-state index in [1.54, 1.807) is 45.0 Å². The van der Waals surface area contributed by atoms with Crippen LogP contribution in [0.4, 0.5) is 9.18 Å². The van der Waals surface area contributed by atoms with E-state index in [9.17, 15) is 14.0 Å². The van der Waals surface area contributed by atoms with Crippen LogP contribution in [0.15, 0.2) is 47.3 Å². The first-order valence-corrected chi connectivity index (χ1v) is 9.46. The van der Waals surface area contributed by atoms with Crippen molar-refractivity contribution in [3.8, 4) is 5.69 Å². The molecule has 0 fully saturated rings. The molecule has 0 bridgehead atoms. The van der Waals surface area contributed by atoms with Crippen molar-refractivity contribution in [1.82, 2.24) is 14.9 Å². The monoisotopic (exact) mass is 417 g/mol. The molecule has 1 aromatic heterocycles. The second kappa shape index (κ2) is 8.21. The number of carbonyl (C=O) groups excluding carboxylic acids is 1. The zero-order valence-electron chi connectivity index (χ0n) is 16.3. The van der Waals surface area contributed by atoms with Crippen LogP contribution in [0.5, 0.6) is 0 Å². The summed E-state index contributed by atoms with van der Waals surface area (Å²) in [6.07, 6.45) is -0.300. The summed E-state index contributed by atoms with van der Waals surface area (Å²) in [5.41, 5.74) is -0.141. The maximum atomic E-state index is 13.7. The Balaban J connectivity index is 1.99. The SMILES string of the molecule is CC(C)(C)OC(=O)NCCc1nc2ccc(F)cc2c(=O)n1-c1cccc(Cl)c1. The molecule has 0 radical (unpaired) electrons. The Morgan fingerprint density at radius 1 is 1.24 bits per heavy atom. The van der Waals surface area contributed by atoms with E-state index in [0.717, 1.165) is 6.07 Å². The molecule has 0 saturated carbocycles. The van der Waals surface area contributed by atoms with Crippen molar-refractivity contribution in [2.45, 2.75) is 32.8 Å². The van der Waals surface area contributed by atoms with Gasteiger partial charge in [0.1, 0.15) is 17.2 Å². The van der Waals surface area contributed by atoms with Crippen molar-refractivity contribution in [2.24, 2.45) is 0 Å². The van der Waals surface area contributed by atoms with Gasteiger partial charge in [-0.25, -0.2) is 14.2 Å². The van der Waals surface area contributed by atoms with Crippen LogP contribution in [0.3, 0.4) is 0 Å². The topological polar surface area (TPSA) is 73.2 Å². The first-order valence-electron chi connectivity index (χ1n) is 9.08. The number of fused-ring (bicyclic) bond motifs is 1. The summed E-state index contributed by atoms with van der Waals surface area (Å²) in [6.45, 7) is 5.52. The number of alkyl carbamates (subject to hydrolysis) is 1. The zero-order valence-corrected chi connectivity index (χ0v) is 17.1. The third-order valence-corrected chi connectivity index (χ3v) is 4.22. The highest BCUT2D eigenvalue weighted by Crippen LogP contribution is 2.18. The molecule has 3 rings (SSSR count). The maximum absolute atomic E-state index is 13.7. The lowest BCUT2D eigenvalue weighted by Crippen LogP contribution is -2.34. The lowest BCUT2D eigenvalue weighted by atomic mass is 10.2. The van der Waals surface area contributed by atoms with E-state index in [2.05, 4.69) is 10.3 Å². The average Bonchev–Trinajstić information content (AvgIpc) is 2.61. The minimum atomic E-state index is -0.613. The number of hydrogen-bond donors (Lipinski definition) is 1. The van der Waals surface area contributed by atoms with Gasteiger partial charge in [-0.3, -0.25) is 9.36 Å². The lowest BCUT2D eigenvalue weighted by molar-refractivity contribution is 0.0528. The van der Waals surface area contributed by atoms with Gasteiger partial charge in [0, 0.05) is 18.0 Å². The number of amides is 1. The van der Waals surface area contributed by atoms with E-state index in [-0.39, 0.29) is 18.4 Å². The van der Waals surface area contributed by atoms with Gasteiger partial charge in [0.2, 0.25) is 0 Å². The third-order valence-electron chi connectivity index (χ3n) is 3.98. The molecule has 3 aromatic rings. The maximum Gasteiger partial charge on any atom is 0.407 e. The standard InChI is InChI=1S/C21H21ClFN3O3/c1-21(2,3)29-20(28)24-10-9-18-25-17-8-7-14(23)12-16(17)19(27)26(18)15-6-4-5-13(22)11-15/h4-8,11-12H,9-10H2,1-3H3,(H,24,28). The fourth-order valence-corrected chi connectivity index (χ4v) is 3.03. The molecule has 29 heavy (non-hydrogen) atoms. The van der Waals surface area contributed by atoms with Gasteiger partial charge < -0.3 is 10.1 Å². The normalized spacial score (nSPS) is 11.5. The molecule has 0 saturated heterocycles. The van der Waals surface area contributed by atoms with Gasteiger partial charge in [0.05, 0.1) is 16.6 Å². The first kappa shape index (κ1) is 20.8. The van der Waals surface area contributed by atoms with Crippen LogP contribution in [-0.2, 0) is 11.2 Å². The molecule has 1 amide bonds. The quantitative estimate of drug-likeness (QED) is 0.688. The summed E-state index contributed by atoms with van der Waals surface area (Å²) < 4.78 is 20.3. The Morgan fingerprint density at radius 3 is 2.69 bits per heavy atom. The van der Waals surface area contributed by atoms with Crippen molar-refractivity contribution in [1.29, 1.82) is 0 Å². The predicted octanol–water partition coefficient (Wildman–Crippen LogP) is 4.25. The molecule has 0 aliphatic carbocycles. The van der Waals surface area contributed by atoms with Crippen molar-refractivity contribution >= 4 is 28.6 Å². The van der Waals surface area contributed by atoms with Gasteiger partial charge in [-0.2, -0.15) is 0 Å². The number of nitrogens with one attached hydrogen (secondary N) is 1. The molecule has 152 valence electrons. The van der Waals surface area contributed by atoms with Crippen molar-refractivity contribution in [3.63, 3.8) is 0 Å². The minimum Gasteiger partial charge on any atom is -0.444 e. The van der Waals surface area contributed by atoms with Crippen LogP contribution < -0.4 is 10.9 Å². The Kier molecular flexibility index (Phi) is 5.88. The van der Waals surface area contributed by atoms with E-state index in [0.29, 0.717) is 22.1 Å². The van der Waals surface area contributed by atoms with E-state index in [1.165, 1.54) is 16.7 Å². The molecule has 0 aliphatic heterocycles. The van der Waals surface area contributed by atoms with E-state index in [1.807, 2.05) is 0 Å². The molecule has 2 aromatic carbocycles. The van der Waals surface area contributed by atoms with Crippen LogP contribution >= 0.6 is 11.6 Å². The Bertz CT molecular complexity index is 1120. The highest BCUT2D eigenvalue weighted by molar-refractivity contribution is 6.30. The van der Waals surface area contributed by atoms with Crippen molar-refractivity contribution < 1.29 is 13.9 Å². The second-order valence-electron chi connectivity index (χ2n) is 7.49. The van der Waals surface area contributed by atoms with Crippen molar-refractivity contribution in [3.05, 3.63) is 69.5 Å². The first-order chi connectivity index (χ1) is 13.6. The number of nitrogens with zero attached hydrogens (tertiary/aromatic N) is 2. The second-order valence-corrected chi connectivity index (χ2v) is 7.93.